The van der Waals surface area contributed by atoms with Crippen molar-refractivity contribution < 1.29 is 97.4 Å². The van der Waals surface area contributed by atoms with Gasteiger partial charge in [-0.15, -0.1) is 0 Å². The third-order valence-corrected chi connectivity index (χ3v) is 18.9. The van der Waals surface area contributed by atoms with Crippen LogP contribution >= 0.6 is 0 Å². The summed E-state index contributed by atoms with van der Waals surface area (Å²) in [4.78, 5) is 13.4. The first-order chi connectivity index (χ1) is 34.6. The van der Waals surface area contributed by atoms with Gasteiger partial charge in [-0.05, 0) is 110 Å². The van der Waals surface area contributed by atoms with E-state index in [4.69, 9.17) is 56.8 Å². The number of fused-ring (bicyclic) bond motifs is 5. The lowest BCUT2D eigenvalue weighted by Crippen LogP contribution is -2.67. The van der Waals surface area contributed by atoms with E-state index in [1.165, 1.54) is 12.7 Å². The highest BCUT2D eigenvalue weighted by atomic mass is 16.8. The Balaban J connectivity index is 0.865. The van der Waals surface area contributed by atoms with Gasteiger partial charge in [0.05, 0.1) is 54.9 Å². The van der Waals surface area contributed by atoms with Crippen LogP contribution in [0.25, 0.3) is 0 Å². The van der Waals surface area contributed by atoms with E-state index in [0.29, 0.717) is 44.1 Å². The van der Waals surface area contributed by atoms with E-state index in [0.717, 1.165) is 12.8 Å². The summed E-state index contributed by atoms with van der Waals surface area (Å²) in [7, 11) is 4.57. The highest BCUT2D eigenvalue weighted by molar-refractivity contribution is 5.87. The second kappa shape index (κ2) is 22.9. The molecule has 4 saturated heterocycles. The summed E-state index contributed by atoms with van der Waals surface area (Å²) in [5, 5.41) is 76.2. The molecule has 4 aliphatic heterocycles. The van der Waals surface area contributed by atoms with Crippen molar-refractivity contribution in [1.29, 1.82) is 0 Å². The number of methoxy groups -OCH3 is 3. The summed E-state index contributed by atoms with van der Waals surface area (Å²) < 4.78 is 74.4. The lowest BCUT2D eigenvalue weighted by atomic mass is 9.44. The van der Waals surface area contributed by atoms with Gasteiger partial charge in [0, 0.05) is 45.2 Å². The molecule has 8 aliphatic rings. The molecule has 0 aromatic rings. The molecule has 8 rings (SSSR count). The minimum atomic E-state index is -1.67. The zero-order valence-corrected chi connectivity index (χ0v) is 44.5. The predicted molar refractivity (Wildman–Crippen MR) is 257 cm³/mol. The largest absolute Gasteiger partial charge is 0.458 e. The summed E-state index contributed by atoms with van der Waals surface area (Å²) in [6.45, 7) is 14.5. The first kappa shape index (κ1) is 57.4. The number of hydrogen-bond donors (Lipinski definition) is 7. The summed E-state index contributed by atoms with van der Waals surface area (Å²) >= 11 is 0. The van der Waals surface area contributed by atoms with E-state index in [9.17, 15) is 40.5 Å². The van der Waals surface area contributed by atoms with Crippen molar-refractivity contribution in [2.45, 2.75) is 248 Å². The van der Waals surface area contributed by atoms with Crippen LogP contribution in [-0.2, 0) is 61.6 Å². The van der Waals surface area contributed by atoms with Crippen LogP contribution in [0.3, 0.4) is 0 Å². The van der Waals surface area contributed by atoms with E-state index < -0.39 is 140 Å². The fourth-order valence-corrected chi connectivity index (χ4v) is 14.5. The quantitative estimate of drug-likeness (QED) is 0.0705. The molecule has 20 nitrogen and oxygen atoms in total. The number of carbonyl (C=O) groups excluding carboxylic acids is 1. The Morgan fingerprint density at radius 2 is 1.36 bits per heavy atom. The zero-order valence-electron chi connectivity index (χ0n) is 44.5. The van der Waals surface area contributed by atoms with Gasteiger partial charge in [-0.3, -0.25) is 0 Å². The molecule has 4 aliphatic carbocycles. The molecule has 20 heteroatoms. The molecule has 3 saturated carbocycles. The number of aliphatic hydroxyl groups excluding tert-OH is 6. The number of carbonyl (C=O) groups is 1. The molecule has 0 spiro atoms. The Morgan fingerprint density at radius 3 is 1.96 bits per heavy atom. The van der Waals surface area contributed by atoms with Crippen LogP contribution in [0.15, 0.2) is 23.3 Å². The maximum atomic E-state index is 13.4. The second-order valence-corrected chi connectivity index (χ2v) is 22.8. The van der Waals surface area contributed by atoms with Gasteiger partial charge in [0.15, 0.2) is 25.2 Å². The highest BCUT2D eigenvalue weighted by Crippen LogP contribution is 2.69. The van der Waals surface area contributed by atoms with E-state index >= 15 is 0 Å². The van der Waals surface area contributed by atoms with Gasteiger partial charge in [0.1, 0.15) is 61.0 Å². The number of ether oxygens (including phenoxy) is 12. The Bertz CT molecular complexity index is 1940. The molecule has 27 atom stereocenters. The van der Waals surface area contributed by atoms with Crippen LogP contribution in [0, 0.1) is 28.6 Å². The van der Waals surface area contributed by atoms with Gasteiger partial charge in [-0.2, -0.15) is 0 Å². The van der Waals surface area contributed by atoms with Crippen molar-refractivity contribution >= 4 is 5.97 Å². The van der Waals surface area contributed by atoms with Gasteiger partial charge in [-0.25, -0.2) is 4.79 Å². The molecule has 0 amide bonds. The van der Waals surface area contributed by atoms with Crippen LogP contribution in [0.1, 0.15) is 113 Å². The second-order valence-electron chi connectivity index (χ2n) is 22.8. The summed E-state index contributed by atoms with van der Waals surface area (Å²) in [5.74, 6) is -0.562. The van der Waals surface area contributed by atoms with Crippen molar-refractivity contribution in [3.05, 3.63) is 23.3 Å². The van der Waals surface area contributed by atoms with Gasteiger partial charge >= 0.3 is 5.97 Å². The van der Waals surface area contributed by atoms with Crippen molar-refractivity contribution in [3.63, 3.8) is 0 Å². The monoisotopic (exact) mass is 1040 g/mol. The average Bonchev–Trinajstić information content (AvgIpc) is 3.65. The van der Waals surface area contributed by atoms with Crippen molar-refractivity contribution in [2.24, 2.45) is 28.6 Å². The van der Waals surface area contributed by atoms with Crippen LogP contribution in [-0.4, -0.2) is 204 Å². The van der Waals surface area contributed by atoms with E-state index in [1.54, 1.807) is 41.1 Å². The zero-order chi connectivity index (χ0) is 53.1. The summed E-state index contributed by atoms with van der Waals surface area (Å²) in [6, 6.07) is 0. The molecule has 73 heavy (non-hydrogen) atoms. The maximum Gasteiger partial charge on any atom is 0.333 e. The van der Waals surface area contributed by atoms with Crippen LogP contribution in [0.5, 0.6) is 0 Å². The molecule has 0 aromatic carbocycles. The first-order valence-electron chi connectivity index (χ1n) is 26.7. The SMILES string of the molecule is C/C=C(\C)C(=O)O[C@@H]1C[C@H]2[C@@H](CC=C3C[C@@H](O[C@H]4C[C@H](OC)[C@H](O[C@H]5C[C@H](OC)[C@H](O[C@@H]6O[C@H](C)[C@@H](O[C@@H]7O[C@H](CO)[C@@H](O)[C@H](O)[C@H]7O)[C@@H](OC)[C@H]6O)[C@@H](C)O5)[C@@H](C)O4)CC[C@@]32C)[C@@]2(O)CC[C@H]([C@@H](C)O)[C@@]12C. The van der Waals surface area contributed by atoms with Crippen molar-refractivity contribution in [2.75, 3.05) is 27.9 Å². The van der Waals surface area contributed by atoms with Crippen molar-refractivity contribution in [1.82, 2.24) is 0 Å². The number of hydrogen-bond acceptors (Lipinski definition) is 20. The molecule has 0 bridgehead atoms. The fraction of sp³-hybridized carbons (Fsp3) is 0.906. The topological polar surface area (TPSA) is 269 Å². The molecule has 0 radical (unpaired) electrons. The third-order valence-electron chi connectivity index (χ3n) is 18.9. The molecule has 0 aromatic heterocycles. The Morgan fingerprint density at radius 1 is 0.753 bits per heavy atom. The van der Waals surface area contributed by atoms with E-state index in [-0.39, 0.29) is 41.7 Å². The molecular weight excluding hydrogens is 957 g/mol. The summed E-state index contributed by atoms with van der Waals surface area (Å²) in [5.41, 5.74) is -0.339. The van der Waals surface area contributed by atoms with Gasteiger partial charge < -0.3 is 92.6 Å². The third kappa shape index (κ3) is 10.5. The minimum absolute atomic E-state index is 0.0426. The fourth-order valence-electron chi connectivity index (χ4n) is 14.5. The average molecular weight is 1040 g/mol. The smallest absolute Gasteiger partial charge is 0.333 e. The lowest BCUT2D eigenvalue weighted by molar-refractivity contribution is -0.373. The Labute approximate surface area is 429 Å². The standard InChI is InChI=1S/C53H86O20/c1-12-24(2)48(60)70-37-20-33-32(53(61)18-16-31(25(3)55)52(37,53)8)14-13-29-19-30(15-17-51(29,33)7)68-38-21-34(62-9)44(26(4)65-38)71-39-22-35(63-10)45(27(5)66-39)72-50-43(59)47(64-11)46(28(6)67-50)73-49-42(58)41(57)40(56)36(23-54)69-49/h12-13,25-28,30-47,49-50,54-59,61H,14-23H2,1-11H3/b24-12+/t25-,26-,27-,28-,30+,31-,32-,33+,34+,35+,36-,37-,38+,39+,40-,41+,42-,43-,44-,45-,46-,47+,49+,50+,51+,52+,53+/m1/s1. The Kier molecular flexibility index (Phi) is 18.0. The number of rotatable bonds is 15. The maximum absolute atomic E-state index is 13.4. The van der Waals surface area contributed by atoms with E-state index in [2.05, 4.69) is 13.0 Å². The molecule has 7 fully saturated rings. The van der Waals surface area contributed by atoms with Crippen LogP contribution in [0.2, 0.25) is 0 Å². The van der Waals surface area contributed by atoms with Crippen LogP contribution < -0.4 is 0 Å². The number of allylic oxidation sites excluding steroid dienone is 2. The minimum Gasteiger partial charge on any atom is -0.458 e. The van der Waals surface area contributed by atoms with Crippen molar-refractivity contribution in [3.8, 4) is 0 Å². The number of esters is 1. The first-order valence-corrected chi connectivity index (χ1v) is 26.7. The van der Waals surface area contributed by atoms with E-state index in [1.807, 2.05) is 27.7 Å². The molecule has 4 heterocycles. The van der Waals surface area contributed by atoms with Gasteiger partial charge in [0.2, 0.25) is 0 Å². The van der Waals surface area contributed by atoms with Crippen LogP contribution in [0.4, 0.5) is 0 Å². The predicted octanol–water partition coefficient (Wildman–Crippen LogP) is 2.31. The Hall–Kier alpha value is -1.77. The normalized spacial score (nSPS) is 50.8. The molecular formula is C53H86O20. The molecule has 418 valence electrons. The number of aliphatic hydroxyl groups is 7. The molecule has 7 N–H and O–H groups in total. The van der Waals surface area contributed by atoms with Gasteiger partial charge in [0.25, 0.3) is 0 Å². The highest BCUT2D eigenvalue weighted by Gasteiger charge is 2.71. The summed E-state index contributed by atoms with van der Waals surface area (Å²) in [6.07, 6.45) is -9.40. The molecule has 0 unspecified atom stereocenters. The lowest BCUT2D eigenvalue weighted by Gasteiger charge is -2.63. The van der Waals surface area contributed by atoms with Gasteiger partial charge in [-0.1, -0.05) is 31.6 Å².